The molecule has 1 atom stereocenters. The maximum Gasteiger partial charge on any atom is 0.238 e. The van der Waals surface area contributed by atoms with Gasteiger partial charge in [0.05, 0.1) is 5.92 Å². The van der Waals surface area contributed by atoms with Crippen LogP contribution in [-0.4, -0.2) is 13.0 Å². The molecule has 2 aromatic carbocycles. The summed E-state index contributed by atoms with van der Waals surface area (Å²) in [6, 6.07) is 17.9. The largest absolute Gasteiger partial charge is 0.314 e. The zero-order valence-corrected chi connectivity index (χ0v) is 9.63. The summed E-state index contributed by atoms with van der Waals surface area (Å²) in [6.45, 7) is 0. The van der Waals surface area contributed by atoms with E-state index in [1.165, 1.54) is 0 Å². The van der Waals surface area contributed by atoms with Crippen molar-refractivity contribution in [3.63, 3.8) is 0 Å². The molecule has 0 spiro atoms. The average molecular weight is 223 g/mol. The maximum absolute atomic E-state index is 12.3. The molecule has 2 nitrogen and oxygen atoms in total. The minimum Gasteiger partial charge on any atom is -0.314 e. The van der Waals surface area contributed by atoms with Crippen LogP contribution < -0.4 is 4.90 Å². The van der Waals surface area contributed by atoms with E-state index in [9.17, 15) is 4.79 Å². The Morgan fingerprint density at radius 2 is 1.59 bits per heavy atom. The first-order valence-electron chi connectivity index (χ1n) is 5.70. The number of carbonyl (C=O) groups excluding carboxylic acids is 1. The summed E-state index contributed by atoms with van der Waals surface area (Å²) in [5, 5.41) is 0. The van der Waals surface area contributed by atoms with Crippen LogP contribution in [0, 0.1) is 0 Å². The van der Waals surface area contributed by atoms with Gasteiger partial charge in [-0.1, -0.05) is 48.5 Å². The van der Waals surface area contributed by atoms with Crippen molar-refractivity contribution in [1.82, 2.24) is 0 Å². The summed E-state index contributed by atoms with van der Waals surface area (Å²) in [5.41, 5.74) is 3.19. The van der Waals surface area contributed by atoms with Crippen molar-refractivity contribution in [2.24, 2.45) is 0 Å². The lowest BCUT2D eigenvalue weighted by molar-refractivity contribution is -0.118. The van der Waals surface area contributed by atoms with Gasteiger partial charge in [-0.25, -0.2) is 0 Å². The van der Waals surface area contributed by atoms with Gasteiger partial charge in [-0.15, -0.1) is 0 Å². The summed E-state index contributed by atoms with van der Waals surface area (Å²) >= 11 is 0. The van der Waals surface area contributed by atoms with Gasteiger partial charge in [0.25, 0.3) is 0 Å². The lowest BCUT2D eigenvalue weighted by atomic mass is 9.93. The highest BCUT2D eigenvalue weighted by Crippen LogP contribution is 2.39. The van der Waals surface area contributed by atoms with E-state index in [0.717, 1.165) is 16.8 Å². The van der Waals surface area contributed by atoms with Crippen molar-refractivity contribution in [3.05, 3.63) is 65.7 Å². The molecular weight excluding hydrogens is 210 g/mol. The second-order valence-electron chi connectivity index (χ2n) is 4.30. The second kappa shape index (κ2) is 3.74. The Bertz CT molecular complexity index is 562. The first-order chi connectivity index (χ1) is 8.29. The van der Waals surface area contributed by atoms with Crippen LogP contribution in [-0.2, 0) is 4.79 Å². The van der Waals surface area contributed by atoms with Crippen molar-refractivity contribution >= 4 is 11.6 Å². The van der Waals surface area contributed by atoms with Crippen molar-refractivity contribution in [2.45, 2.75) is 5.92 Å². The summed E-state index contributed by atoms with van der Waals surface area (Å²) in [4.78, 5) is 14.0. The van der Waals surface area contributed by atoms with Crippen molar-refractivity contribution in [3.8, 4) is 0 Å². The van der Waals surface area contributed by atoms with Gasteiger partial charge in [0.15, 0.2) is 0 Å². The average Bonchev–Trinajstić information content (AvgIpc) is 2.64. The molecule has 0 N–H and O–H groups in total. The molecule has 2 aromatic rings. The third-order valence-electron chi connectivity index (χ3n) is 3.32. The molecule has 0 aliphatic carbocycles. The number of carbonyl (C=O) groups is 1. The quantitative estimate of drug-likeness (QED) is 0.728. The number of para-hydroxylation sites is 1. The Hall–Kier alpha value is -2.09. The van der Waals surface area contributed by atoms with Crippen LogP contribution in [0.25, 0.3) is 0 Å². The molecule has 1 aliphatic rings. The highest BCUT2D eigenvalue weighted by molar-refractivity contribution is 6.06. The monoisotopic (exact) mass is 223 g/mol. The predicted octanol–water partition coefficient (Wildman–Crippen LogP) is 2.79. The Kier molecular flexibility index (Phi) is 2.22. The summed E-state index contributed by atoms with van der Waals surface area (Å²) < 4.78 is 0. The van der Waals surface area contributed by atoms with Crippen LogP contribution >= 0.6 is 0 Å². The van der Waals surface area contributed by atoms with Crippen molar-refractivity contribution in [2.75, 3.05) is 11.9 Å². The standard InChI is InChI=1S/C15H13NO/c1-16-13-10-6-5-9-12(13)14(15(16)17)11-7-3-2-4-8-11/h2-10,14H,1H3/t14-/m1/s1. The summed E-state index contributed by atoms with van der Waals surface area (Å²) in [5.74, 6) is 0.00907. The number of fused-ring (bicyclic) bond motifs is 1. The number of hydrogen-bond acceptors (Lipinski definition) is 1. The molecule has 0 bridgehead atoms. The first kappa shape index (κ1) is 10.1. The van der Waals surface area contributed by atoms with E-state index in [4.69, 9.17) is 0 Å². The van der Waals surface area contributed by atoms with Crippen LogP contribution in [0.4, 0.5) is 5.69 Å². The van der Waals surface area contributed by atoms with Gasteiger partial charge in [0.2, 0.25) is 5.91 Å². The lowest BCUT2D eigenvalue weighted by Gasteiger charge is -2.11. The molecule has 0 fully saturated rings. The Morgan fingerprint density at radius 3 is 2.35 bits per heavy atom. The molecule has 17 heavy (non-hydrogen) atoms. The Labute approximate surface area is 100 Å². The molecule has 0 unspecified atom stereocenters. The topological polar surface area (TPSA) is 20.3 Å². The number of likely N-dealkylation sites (N-methyl/N-ethyl adjacent to an activating group) is 1. The van der Waals surface area contributed by atoms with Gasteiger partial charge in [-0.2, -0.15) is 0 Å². The molecule has 1 amide bonds. The molecule has 2 heteroatoms. The van der Waals surface area contributed by atoms with Crippen LogP contribution in [0.3, 0.4) is 0 Å². The zero-order valence-electron chi connectivity index (χ0n) is 9.63. The van der Waals surface area contributed by atoms with E-state index < -0.39 is 0 Å². The van der Waals surface area contributed by atoms with Gasteiger partial charge in [0, 0.05) is 12.7 Å². The fourth-order valence-corrected chi connectivity index (χ4v) is 2.45. The minimum atomic E-state index is -0.141. The third kappa shape index (κ3) is 1.45. The maximum atomic E-state index is 12.3. The van der Waals surface area contributed by atoms with E-state index in [-0.39, 0.29) is 11.8 Å². The smallest absolute Gasteiger partial charge is 0.238 e. The SMILES string of the molecule is CN1C(=O)[C@H](c2ccccc2)c2ccccc21. The van der Waals surface area contributed by atoms with Gasteiger partial charge >= 0.3 is 0 Å². The Morgan fingerprint density at radius 1 is 0.941 bits per heavy atom. The molecule has 1 heterocycles. The van der Waals surface area contributed by atoms with Crippen LogP contribution in [0.2, 0.25) is 0 Å². The lowest BCUT2D eigenvalue weighted by Crippen LogP contribution is -2.24. The molecule has 1 aliphatic heterocycles. The number of anilines is 1. The number of benzene rings is 2. The molecule has 0 saturated heterocycles. The summed E-state index contributed by atoms with van der Waals surface area (Å²) in [6.07, 6.45) is 0. The second-order valence-corrected chi connectivity index (χ2v) is 4.30. The molecule has 0 saturated carbocycles. The number of rotatable bonds is 1. The summed E-state index contributed by atoms with van der Waals surface area (Å²) in [7, 11) is 1.84. The van der Waals surface area contributed by atoms with Gasteiger partial charge in [-0.3, -0.25) is 4.79 Å². The van der Waals surface area contributed by atoms with Crippen LogP contribution in [0.15, 0.2) is 54.6 Å². The third-order valence-corrected chi connectivity index (χ3v) is 3.32. The highest BCUT2D eigenvalue weighted by atomic mass is 16.2. The molecule has 84 valence electrons. The first-order valence-corrected chi connectivity index (χ1v) is 5.70. The van der Waals surface area contributed by atoms with E-state index in [1.54, 1.807) is 4.90 Å². The molecule has 3 rings (SSSR count). The molecule has 0 aromatic heterocycles. The number of nitrogens with zero attached hydrogens (tertiary/aromatic N) is 1. The zero-order chi connectivity index (χ0) is 11.8. The highest BCUT2D eigenvalue weighted by Gasteiger charge is 2.35. The van der Waals surface area contributed by atoms with Gasteiger partial charge < -0.3 is 4.90 Å². The van der Waals surface area contributed by atoms with Crippen LogP contribution in [0.1, 0.15) is 17.0 Å². The van der Waals surface area contributed by atoms with E-state index in [0.29, 0.717) is 0 Å². The predicted molar refractivity (Wildman–Crippen MR) is 68.1 cm³/mol. The van der Waals surface area contributed by atoms with Crippen molar-refractivity contribution < 1.29 is 4.79 Å². The number of hydrogen-bond donors (Lipinski definition) is 0. The Balaban J connectivity index is 2.16. The van der Waals surface area contributed by atoms with Gasteiger partial charge in [-0.05, 0) is 17.2 Å². The van der Waals surface area contributed by atoms with E-state index >= 15 is 0 Å². The molecular formula is C15H13NO. The fraction of sp³-hybridized carbons (Fsp3) is 0.133. The van der Waals surface area contributed by atoms with Gasteiger partial charge in [0.1, 0.15) is 0 Å². The number of amides is 1. The fourth-order valence-electron chi connectivity index (χ4n) is 2.45. The normalized spacial score (nSPS) is 18.3. The molecule has 0 radical (unpaired) electrons. The van der Waals surface area contributed by atoms with E-state index in [1.807, 2.05) is 61.6 Å². The van der Waals surface area contributed by atoms with Crippen molar-refractivity contribution in [1.29, 1.82) is 0 Å². The minimum absolute atomic E-state index is 0.141. The van der Waals surface area contributed by atoms with E-state index in [2.05, 4.69) is 0 Å². The van der Waals surface area contributed by atoms with Crippen LogP contribution in [0.5, 0.6) is 0 Å².